The van der Waals surface area contributed by atoms with Crippen LogP contribution in [0, 0.1) is 6.92 Å². The average Bonchev–Trinajstić information content (AvgIpc) is 2.76. The van der Waals surface area contributed by atoms with Gasteiger partial charge in [0, 0.05) is 26.1 Å². The molecule has 1 aliphatic rings. The fraction of sp³-hybridized carbons (Fsp3) is 0.462. The molecule has 1 aromatic rings. The fourth-order valence-electron chi connectivity index (χ4n) is 2.39. The van der Waals surface area contributed by atoms with E-state index in [0.717, 1.165) is 5.56 Å². The number of nitrogens with zero attached hydrogens (tertiary/aromatic N) is 1. The first kappa shape index (κ1) is 14.8. The van der Waals surface area contributed by atoms with Crippen LogP contribution in [0.15, 0.2) is 23.1 Å². The van der Waals surface area contributed by atoms with Crippen molar-refractivity contribution in [1.29, 1.82) is 0 Å². The van der Waals surface area contributed by atoms with Crippen molar-refractivity contribution < 1.29 is 13.2 Å². The van der Waals surface area contributed by atoms with E-state index in [1.807, 2.05) is 6.92 Å². The van der Waals surface area contributed by atoms with E-state index in [9.17, 15) is 13.2 Å². The molecule has 1 fully saturated rings. The van der Waals surface area contributed by atoms with Gasteiger partial charge in [0.05, 0.1) is 5.69 Å². The van der Waals surface area contributed by atoms with Crippen molar-refractivity contribution in [3.05, 3.63) is 23.8 Å². The van der Waals surface area contributed by atoms with E-state index in [1.54, 1.807) is 12.1 Å². The second-order valence-electron chi connectivity index (χ2n) is 5.09. The molecule has 0 bridgehead atoms. The molecule has 0 radical (unpaired) electrons. The lowest BCUT2D eigenvalue weighted by atomic mass is 10.2. The maximum absolute atomic E-state index is 12.5. The Morgan fingerprint density at radius 1 is 1.45 bits per heavy atom. The lowest BCUT2D eigenvalue weighted by molar-refractivity contribution is -0.119. The Balaban J connectivity index is 2.21. The van der Waals surface area contributed by atoms with E-state index in [1.165, 1.54) is 17.3 Å². The Morgan fingerprint density at radius 3 is 2.75 bits per heavy atom. The summed E-state index contributed by atoms with van der Waals surface area (Å²) in [6, 6.07) is 4.78. The van der Waals surface area contributed by atoms with Gasteiger partial charge in [0.2, 0.25) is 15.9 Å². The number of benzene rings is 1. The average molecular weight is 297 g/mol. The summed E-state index contributed by atoms with van der Waals surface area (Å²) < 4.78 is 26.4. The Bertz CT molecular complexity index is 628. The molecule has 1 heterocycles. The molecular formula is C13H19N3O3S. The predicted molar refractivity (Wildman–Crippen MR) is 76.6 cm³/mol. The molecule has 6 nitrogen and oxygen atoms in total. The smallest absolute Gasteiger partial charge is 0.245 e. The van der Waals surface area contributed by atoms with Crippen LogP contribution in [0.4, 0.5) is 5.69 Å². The number of carbonyl (C=O) groups excluding carboxylic acids is 1. The fourth-order valence-corrected chi connectivity index (χ4v) is 3.99. The molecule has 0 saturated carbocycles. The first-order valence-corrected chi connectivity index (χ1v) is 7.88. The molecule has 1 amide bonds. The van der Waals surface area contributed by atoms with Gasteiger partial charge in [0.15, 0.2) is 0 Å². The third kappa shape index (κ3) is 2.94. The van der Waals surface area contributed by atoms with Gasteiger partial charge >= 0.3 is 0 Å². The molecule has 0 aliphatic carbocycles. The van der Waals surface area contributed by atoms with E-state index < -0.39 is 10.0 Å². The highest BCUT2D eigenvalue weighted by Gasteiger charge is 2.33. The molecule has 1 saturated heterocycles. The topological polar surface area (TPSA) is 92.5 Å². The number of sulfonamides is 1. The molecule has 2 rings (SSSR count). The maximum atomic E-state index is 12.5. The van der Waals surface area contributed by atoms with E-state index in [0.29, 0.717) is 13.0 Å². The van der Waals surface area contributed by atoms with Crippen molar-refractivity contribution in [1.82, 2.24) is 9.62 Å². The zero-order chi connectivity index (χ0) is 14.9. The molecule has 1 unspecified atom stereocenters. The number of nitrogen functional groups attached to an aromatic ring is 1. The minimum Gasteiger partial charge on any atom is -0.398 e. The number of carbonyl (C=O) groups is 1. The molecule has 3 N–H and O–H groups in total. The minimum absolute atomic E-state index is 0.131. The summed E-state index contributed by atoms with van der Waals surface area (Å²) in [5, 5.41) is 2.74. The van der Waals surface area contributed by atoms with Gasteiger partial charge in [-0.2, -0.15) is 4.31 Å². The summed E-state index contributed by atoms with van der Waals surface area (Å²) >= 11 is 0. The lowest BCUT2D eigenvalue weighted by Gasteiger charge is -2.18. The van der Waals surface area contributed by atoms with Gasteiger partial charge in [0.1, 0.15) is 4.90 Å². The Kier molecular flexibility index (Phi) is 4.01. The van der Waals surface area contributed by atoms with Gasteiger partial charge in [-0.1, -0.05) is 6.07 Å². The van der Waals surface area contributed by atoms with Crippen molar-refractivity contribution in [2.45, 2.75) is 31.2 Å². The zero-order valence-corrected chi connectivity index (χ0v) is 12.4. The van der Waals surface area contributed by atoms with Gasteiger partial charge in [-0.25, -0.2) is 8.42 Å². The zero-order valence-electron chi connectivity index (χ0n) is 11.6. The van der Waals surface area contributed by atoms with Crippen molar-refractivity contribution in [2.75, 3.05) is 18.8 Å². The van der Waals surface area contributed by atoms with Crippen LogP contribution < -0.4 is 11.1 Å². The normalized spacial score (nSPS) is 20.0. The second-order valence-corrected chi connectivity index (χ2v) is 7.00. The third-order valence-electron chi connectivity index (χ3n) is 3.34. The Hall–Kier alpha value is -1.60. The molecule has 110 valence electrons. The monoisotopic (exact) mass is 297 g/mol. The summed E-state index contributed by atoms with van der Waals surface area (Å²) in [6.45, 7) is 3.96. The van der Waals surface area contributed by atoms with E-state index in [4.69, 9.17) is 5.73 Å². The molecule has 0 spiro atoms. The van der Waals surface area contributed by atoms with Crippen LogP contribution in [0.5, 0.6) is 0 Å². The van der Waals surface area contributed by atoms with Crippen molar-refractivity contribution in [3.8, 4) is 0 Å². The van der Waals surface area contributed by atoms with Crippen LogP contribution in [-0.4, -0.2) is 37.8 Å². The molecule has 7 heteroatoms. The number of amides is 1. The summed E-state index contributed by atoms with van der Waals surface area (Å²) in [5.74, 6) is -0.149. The number of rotatable bonds is 3. The first-order valence-electron chi connectivity index (χ1n) is 6.44. The molecule has 1 atom stereocenters. The van der Waals surface area contributed by atoms with Crippen LogP contribution >= 0.6 is 0 Å². The summed E-state index contributed by atoms with van der Waals surface area (Å²) in [7, 11) is -3.60. The first-order chi connectivity index (χ1) is 9.30. The summed E-state index contributed by atoms with van der Waals surface area (Å²) in [6.07, 6.45) is 0.616. The molecule has 1 aliphatic heterocycles. The second kappa shape index (κ2) is 5.41. The van der Waals surface area contributed by atoms with Crippen LogP contribution in [0.25, 0.3) is 0 Å². The number of hydrogen-bond donors (Lipinski definition) is 2. The maximum Gasteiger partial charge on any atom is 0.245 e. The van der Waals surface area contributed by atoms with Gasteiger partial charge in [-0.3, -0.25) is 4.79 Å². The number of anilines is 1. The standard InChI is InChI=1S/C13H19N3O3S/c1-9-3-4-13(12(14)7-9)20(18,19)16-6-5-11(8-16)15-10(2)17/h3-4,7,11H,5-6,8,14H2,1-2H3,(H,15,17). The van der Waals surface area contributed by atoms with E-state index in [2.05, 4.69) is 5.32 Å². The van der Waals surface area contributed by atoms with Crippen LogP contribution in [0.1, 0.15) is 18.9 Å². The molecule has 20 heavy (non-hydrogen) atoms. The van der Waals surface area contributed by atoms with Crippen LogP contribution in [0.3, 0.4) is 0 Å². The SMILES string of the molecule is CC(=O)NC1CCN(S(=O)(=O)c2ccc(C)cc2N)C1. The molecular weight excluding hydrogens is 278 g/mol. The van der Waals surface area contributed by atoms with Crippen molar-refractivity contribution in [3.63, 3.8) is 0 Å². The summed E-state index contributed by atoms with van der Waals surface area (Å²) in [5.41, 5.74) is 6.99. The number of nitrogens with one attached hydrogen (secondary N) is 1. The highest BCUT2D eigenvalue weighted by molar-refractivity contribution is 7.89. The highest BCUT2D eigenvalue weighted by atomic mass is 32.2. The van der Waals surface area contributed by atoms with Crippen molar-refractivity contribution >= 4 is 21.6 Å². The largest absolute Gasteiger partial charge is 0.398 e. The van der Waals surface area contributed by atoms with Crippen LogP contribution in [0.2, 0.25) is 0 Å². The van der Waals surface area contributed by atoms with Crippen LogP contribution in [-0.2, 0) is 14.8 Å². The predicted octanol–water partition coefficient (Wildman–Crippen LogP) is 0.476. The van der Waals surface area contributed by atoms with E-state index >= 15 is 0 Å². The Labute approximate surface area is 119 Å². The van der Waals surface area contributed by atoms with E-state index in [-0.39, 0.29) is 29.1 Å². The minimum atomic E-state index is -3.60. The van der Waals surface area contributed by atoms with Gasteiger partial charge in [-0.05, 0) is 31.0 Å². The quantitative estimate of drug-likeness (QED) is 0.794. The lowest BCUT2D eigenvalue weighted by Crippen LogP contribution is -2.37. The molecule has 0 aromatic heterocycles. The Morgan fingerprint density at radius 2 is 2.15 bits per heavy atom. The van der Waals surface area contributed by atoms with Gasteiger partial charge in [0.25, 0.3) is 0 Å². The van der Waals surface area contributed by atoms with Gasteiger partial charge < -0.3 is 11.1 Å². The number of nitrogens with two attached hydrogens (primary N) is 1. The third-order valence-corrected chi connectivity index (χ3v) is 5.28. The van der Waals surface area contributed by atoms with Crippen molar-refractivity contribution in [2.24, 2.45) is 0 Å². The van der Waals surface area contributed by atoms with Gasteiger partial charge in [-0.15, -0.1) is 0 Å². The number of hydrogen-bond acceptors (Lipinski definition) is 4. The highest BCUT2D eigenvalue weighted by Crippen LogP contribution is 2.26. The summed E-state index contributed by atoms with van der Waals surface area (Å²) in [4.78, 5) is 11.1. The number of aryl methyl sites for hydroxylation is 1. The molecule has 1 aromatic carbocycles.